The van der Waals surface area contributed by atoms with Crippen molar-refractivity contribution in [2.24, 2.45) is 5.92 Å². The van der Waals surface area contributed by atoms with E-state index in [2.05, 4.69) is 50.5 Å². The van der Waals surface area contributed by atoms with Gasteiger partial charge in [0.15, 0.2) is 0 Å². The highest BCUT2D eigenvalue weighted by Crippen LogP contribution is 2.43. The van der Waals surface area contributed by atoms with Crippen LogP contribution in [0.2, 0.25) is 0 Å². The Hall–Kier alpha value is -0.860. The predicted octanol–water partition coefficient (Wildman–Crippen LogP) is 4.10. The molecular weight excluding hydrogens is 246 g/mol. The molecule has 1 aromatic rings. The summed E-state index contributed by atoms with van der Waals surface area (Å²) >= 11 is 0. The average molecular weight is 275 g/mol. The number of nitrogens with one attached hydrogen (secondary N) is 1. The van der Waals surface area contributed by atoms with Crippen molar-refractivity contribution in [1.29, 1.82) is 0 Å². The highest BCUT2D eigenvalue weighted by Gasteiger charge is 2.42. The maximum Gasteiger partial charge on any atom is 0.0874 e. The lowest BCUT2D eigenvalue weighted by Crippen LogP contribution is -2.47. The quantitative estimate of drug-likeness (QED) is 0.873. The number of rotatable bonds is 5. The van der Waals surface area contributed by atoms with Crippen LogP contribution in [0.1, 0.15) is 56.7 Å². The molecule has 1 saturated carbocycles. The van der Waals surface area contributed by atoms with Crippen molar-refractivity contribution >= 4 is 0 Å². The Kier molecular flexibility index (Phi) is 5.22. The van der Waals surface area contributed by atoms with Crippen LogP contribution in [0.4, 0.5) is 0 Å². The molecule has 1 aliphatic carbocycles. The van der Waals surface area contributed by atoms with Crippen molar-refractivity contribution in [2.75, 3.05) is 14.2 Å². The van der Waals surface area contributed by atoms with E-state index in [0.29, 0.717) is 0 Å². The standard InChI is InChI=1S/C18H29NO/c1-5-15-8-10-16(11-9-15)17(19-3)18(20-4)12-6-7-14(2)13-18/h8-11,14,17,19H,5-7,12-13H2,1-4H3. The van der Waals surface area contributed by atoms with Gasteiger partial charge in [-0.3, -0.25) is 0 Å². The first-order chi connectivity index (χ1) is 9.65. The molecule has 1 fully saturated rings. The molecule has 3 atom stereocenters. The van der Waals surface area contributed by atoms with E-state index in [1.54, 1.807) is 0 Å². The molecule has 1 aliphatic rings. The molecule has 20 heavy (non-hydrogen) atoms. The molecule has 112 valence electrons. The van der Waals surface area contributed by atoms with Crippen molar-refractivity contribution in [1.82, 2.24) is 5.32 Å². The van der Waals surface area contributed by atoms with E-state index in [1.807, 2.05) is 7.11 Å². The molecule has 0 saturated heterocycles. The van der Waals surface area contributed by atoms with E-state index in [1.165, 1.54) is 24.0 Å². The minimum atomic E-state index is -0.0554. The summed E-state index contributed by atoms with van der Waals surface area (Å²) in [5, 5.41) is 3.51. The minimum Gasteiger partial charge on any atom is -0.376 e. The molecular formula is C18H29NO. The lowest BCUT2D eigenvalue weighted by atomic mass is 9.72. The molecule has 0 spiro atoms. The van der Waals surface area contributed by atoms with Gasteiger partial charge in [0, 0.05) is 7.11 Å². The first kappa shape index (κ1) is 15.5. The molecule has 1 aromatic carbocycles. The lowest BCUT2D eigenvalue weighted by Gasteiger charge is -2.44. The van der Waals surface area contributed by atoms with E-state index in [-0.39, 0.29) is 11.6 Å². The molecule has 0 amide bonds. The summed E-state index contributed by atoms with van der Waals surface area (Å²) in [7, 11) is 3.93. The van der Waals surface area contributed by atoms with Crippen molar-refractivity contribution in [3.63, 3.8) is 0 Å². The van der Waals surface area contributed by atoms with E-state index in [4.69, 9.17) is 4.74 Å². The van der Waals surface area contributed by atoms with Gasteiger partial charge in [0.1, 0.15) is 0 Å². The number of benzene rings is 1. The maximum atomic E-state index is 6.05. The van der Waals surface area contributed by atoms with Gasteiger partial charge < -0.3 is 10.1 Å². The number of likely N-dealkylation sites (N-methyl/N-ethyl adjacent to an activating group) is 1. The smallest absolute Gasteiger partial charge is 0.0874 e. The zero-order valence-corrected chi connectivity index (χ0v) is 13.4. The van der Waals surface area contributed by atoms with Gasteiger partial charge in [-0.25, -0.2) is 0 Å². The van der Waals surface area contributed by atoms with Gasteiger partial charge in [0.25, 0.3) is 0 Å². The van der Waals surface area contributed by atoms with Gasteiger partial charge in [-0.05, 0) is 43.4 Å². The highest BCUT2D eigenvalue weighted by molar-refractivity contribution is 5.27. The maximum absolute atomic E-state index is 6.05. The van der Waals surface area contributed by atoms with Crippen LogP contribution >= 0.6 is 0 Å². The summed E-state index contributed by atoms with van der Waals surface area (Å²) in [6.45, 7) is 4.55. The average Bonchev–Trinajstić information content (AvgIpc) is 2.48. The van der Waals surface area contributed by atoms with Gasteiger partial charge in [-0.15, -0.1) is 0 Å². The molecule has 2 rings (SSSR count). The number of hydrogen-bond acceptors (Lipinski definition) is 2. The first-order valence-corrected chi connectivity index (χ1v) is 7.96. The van der Waals surface area contributed by atoms with Gasteiger partial charge in [-0.2, -0.15) is 0 Å². The molecule has 0 bridgehead atoms. The summed E-state index contributed by atoms with van der Waals surface area (Å²) in [6.07, 6.45) is 5.98. The normalized spacial score (nSPS) is 28.3. The fraction of sp³-hybridized carbons (Fsp3) is 0.667. The summed E-state index contributed by atoms with van der Waals surface area (Å²) in [5.74, 6) is 0.745. The molecule has 2 nitrogen and oxygen atoms in total. The molecule has 0 aromatic heterocycles. The number of methoxy groups -OCH3 is 1. The summed E-state index contributed by atoms with van der Waals surface area (Å²) in [6, 6.07) is 9.30. The van der Waals surface area contributed by atoms with E-state index < -0.39 is 0 Å². The van der Waals surface area contributed by atoms with Crippen molar-refractivity contribution in [3.8, 4) is 0 Å². The highest BCUT2D eigenvalue weighted by atomic mass is 16.5. The Balaban J connectivity index is 2.28. The number of hydrogen-bond donors (Lipinski definition) is 1. The Morgan fingerprint density at radius 3 is 2.55 bits per heavy atom. The van der Waals surface area contributed by atoms with Crippen LogP contribution in [0.25, 0.3) is 0 Å². The Bertz CT molecular complexity index is 414. The Morgan fingerprint density at radius 1 is 1.35 bits per heavy atom. The van der Waals surface area contributed by atoms with Gasteiger partial charge >= 0.3 is 0 Å². The van der Waals surface area contributed by atoms with Crippen LogP contribution in [-0.2, 0) is 11.2 Å². The third-order valence-electron chi connectivity index (χ3n) is 4.93. The van der Waals surface area contributed by atoms with E-state index >= 15 is 0 Å². The first-order valence-electron chi connectivity index (χ1n) is 7.96. The van der Waals surface area contributed by atoms with Gasteiger partial charge in [0.05, 0.1) is 11.6 Å². The monoisotopic (exact) mass is 275 g/mol. The fourth-order valence-corrected chi connectivity index (χ4v) is 3.79. The molecule has 3 unspecified atom stereocenters. The van der Waals surface area contributed by atoms with Crippen molar-refractivity contribution in [3.05, 3.63) is 35.4 Å². The Morgan fingerprint density at radius 2 is 2.05 bits per heavy atom. The van der Waals surface area contributed by atoms with Crippen LogP contribution in [0.5, 0.6) is 0 Å². The van der Waals surface area contributed by atoms with E-state index in [9.17, 15) is 0 Å². The van der Waals surface area contributed by atoms with Crippen molar-refractivity contribution < 1.29 is 4.74 Å². The zero-order valence-electron chi connectivity index (χ0n) is 13.4. The van der Waals surface area contributed by atoms with Crippen LogP contribution in [-0.4, -0.2) is 19.8 Å². The van der Waals surface area contributed by atoms with Crippen molar-refractivity contribution in [2.45, 2.75) is 57.6 Å². The molecule has 0 heterocycles. The predicted molar refractivity (Wildman–Crippen MR) is 85.0 cm³/mol. The third kappa shape index (κ3) is 3.07. The summed E-state index contributed by atoms with van der Waals surface area (Å²) in [4.78, 5) is 0. The summed E-state index contributed by atoms with van der Waals surface area (Å²) in [5.41, 5.74) is 2.69. The topological polar surface area (TPSA) is 21.3 Å². The summed E-state index contributed by atoms with van der Waals surface area (Å²) < 4.78 is 6.05. The number of ether oxygens (including phenoxy) is 1. The SMILES string of the molecule is CCc1ccc(C(NC)C2(OC)CCCC(C)C2)cc1. The second-order valence-corrected chi connectivity index (χ2v) is 6.29. The minimum absolute atomic E-state index is 0.0554. The number of aryl methyl sites for hydroxylation is 1. The molecule has 2 heteroatoms. The molecule has 1 N–H and O–H groups in total. The van der Waals surface area contributed by atoms with Crippen LogP contribution in [0.3, 0.4) is 0 Å². The largest absolute Gasteiger partial charge is 0.376 e. The lowest BCUT2D eigenvalue weighted by molar-refractivity contribution is -0.0790. The van der Waals surface area contributed by atoms with Crippen LogP contribution in [0.15, 0.2) is 24.3 Å². The van der Waals surface area contributed by atoms with Crippen LogP contribution in [0, 0.1) is 5.92 Å². The van der Waals surface area contributed by atoms with Gasteiger partial charge in [0.2, 0.25) is 0 Å². The fourth-order valence-electron chi connectivity index (χ4n) is 3.79. The third-order valence-corrected chi connectivity index (χ3v) is 4.93. The van der Waals surface area contributed by atoms with E-state index in [0.717, 1.165) is 25.2 Å². The second-order valence-electron chi connectivity index (χ2n) is 6.29. The van der Waals surface area contributed by atoms with Crippen LogP contribution < -0.4 is 5.32 Å². The molecule has 0 aliphatic heterocycles. The molecule has 0 radical (unpaired) electrons. The van der Waals surface area contributed by atoms with Gasteiger partial charge in [-0.1, -0.05) is 51.0 Å². The zero-order chi connectivity index (χ0) is 14.6. The second kappa shape index (κ2) is 6.73. The Labute approximate surface area is 123 Å².